The molecular weight excluding hydrogens is 302 g/mol. The van der Waals surface area contributed by atoms with E-state index in [9.17, 15) is 4.79 Å². The summed E-state index contributed by atoms with van der Waals surface area (Å²) in [6, 6.07) is 15.7. The van der Waals surface area contributed by atoms with Gasteiger partial charge in [0.05, 0.1) is 17.4 Å². The van der Waals surface area contributed by atoms with Crippen LogP contribution in [0.3, 0.4) is 0 Å². The molecule has 1 fully saturated rings. The lowest BCUT2D eigenvalue weighted by Crippen LogP contribution is -2.35. The number of carbonyl (C=O) groups excluding carboxylic acids is 1. The molecule has 1 saturated heterocycles. The molecule has 1 aliphatic heterocycles. The number of hydrogen-bond acceptors (Lipinski definition) is 3. The lowest BCUT2D eigenvalue weighted by atomic mass is 10.1. The second kappa shape index (κ2) is 6.35. The van der Waals surface area contributed by atoms with E-state index in [0.717, 1.165) is 41.9 Å². The van der Waals surface area contributed by atoms with Crippen molar-refractivity contribution in [2.24, 2.45) is 0 Å². The van der Waals surface area contributed by atoms with Crippen molar-refractivity contribution in [1.29, 1.82) is 0 Å². The second-order valence-corrected chi connectivity index (χ2v) is 5.97. The minimum atomic E-state index is 0.208. The molecule has 3 aromatic rings. The van der Waals surface area contributed by atoms with Crippen molar-refractivity contribution < 1.29 is 9.53 Å². The molecule has 0 aliphatic carbocycles. The first-order valence-electron chi connectivity index (χ1n) is 8.24. The first-order chi connectivity index (χ1) is 11.8. The van der Waals surface area contributed by atoms with Crippen molar-refractivity contribution in [2.75, 3.05) is 11.4 Å². The van der Waals surface area contributed by atoms with Gasteiger partial charge < -0.3 is 9.64 Å². The number of aromatic nitrogens is 2. The summed E-state index contributed by atoms with van der Waals surface area (Å²) in [5.74, 6) is 0.987. The lowest BCUT2D eigenvalue weighted by Gasteiger charge is -2.26. The Hall–Kier alpha value is -2.82. The summed E-state index contributed by atoms with van der Waals surface area (Å²) in [4.78, 5) is 18.2. The van der Waals surface area contributed by atoms with Crippen molar-refractivity contribution in [2.45, 2.75) is 26.0 Å². The van der Waals surface area contributed by atoms with E-state index in [4.69, 9.17) is 4.74 Å². The summed E-state index contributed by atoms with van der Waals surface area (Å²) in [5, 5.41) is 0. The summed E-state index contributed by atoms with van der Waals surface area (Å²) < 4.78 is 7.82. The normalized spacial score (nSPS) is 15.0. The van der Waals surface area contributed by atoms with Gasteiger partial charge in [0, 0.05) is 18.7 Å². The van der Waals surface area contributed by atoms with Gasteiger partial charge in [-0.1, -0.05) is 12.1 Å². The molecule has 4 rings (SSSR count). The molecule has 0 spiro atoms. The number of carbonyl (C=O) groups is 1. The van der Waals surface area contributed by atoms with Crippen molar-refractivity contribution in [3.8, 4) is 5.75 Å². The van der Waals surface area contributed by atoms with Crippen molar-refractivity contribution in [3.05, 3.63) is 54.9 Å². The SMILES string of the molecule is O=C1CCCCN1c1ccc(OCn2cnc3ccccc32)cc1. The molecule has 0 radical (unpaired) electrons. The fourth-order valence-electron chi connectivity index (χ4n) is 3.06. The number of ether oxygens (including phenoxy) is 1. The molecule has 122 valence electrons. The van der Waals surface area contributed by atoms with Crippen LogP contribution in [0.15, 0.2) is 54.9 Å². The lowest BCUT2D eigenvalue weighted by molar-refractivity contribution is -0.119. The third-order valence-electron chi connectivity index (χ3n) is 4.37. The summed E-state index contributed by atoms with van der Waals surface area (Å²) in [7, 11) is 0. The molecule has 0 atom stereocenters. The van der Waals surface area contributed by atoms with Crippen molar-refractivity contribution >= 4 is 22.6 Å². The minimum absolute atomic E-state index is 0.208. The highest BCUT2D eigenvalue weighted by atomic mass is 16.5. The van der Waals surface area contributed by atoms with E-state index in [0.29, 0.717) is 13.2 Å². The van der Waals surface area contributed by atoms with E-state index in [-0.39, 0.29) is 5.91 Å². The zero-order valence-electron chi connectivity index (χ0n) is 13.4. The van der Waals surface area contributed by atoms with E-state index in [1.807, 2.05) is 58.0 Å². The largest absolute Gasteiger partial charge is 0.473 e. The quantitative estimate of drug-likeness (QED) is 0.738. The molecule has 0 saturated carbocycles. The van der Waals surface area contributed by atoms with Crippen LogP contribution in [-0.4, -0.2) is 22.0 Å². The Kier molecular flexibility index (Phi) is 3.91. The van der Waals surface area contributed by atoms with Gasteiger partial charge >= 0.3 is 0 Å². The molecule has 1 amide bonds. The number of imidazole rings is 1. The van der Waals surface area contributed by atoms with Crippen molar-refractivity contribution in [1.82, 2.24) is 9.55 Å². The number of piperidine rings is 1. The maximum absolute atomic E-state index is 12.0. The van der Waals surface area contributed by atoms with E-state index < -0.39 is 0 Å². The zero-order chi connectivity index (χ0) is 16.4. The molecule has 1 aliphatic rings. The Morgan fingerprint density at radius 1 is 1.04 bits per heavy atom. The summed E-state index contributed by atoms with van der Waals surface area (Å²) in [6.45, 7) is 1.21. The Morgan fingerprint density at radius 2 is 1.88 bits per heavy atom. The molecule has 0 bridgehead atoms. The van der Waals surface area contributed by atoms with Gasteiger partial charge in [-0.3, -0.25) is 9.36 Å². The fourth-order valence-corrected chi connectivity index (χ4v) is 3.06. The molecule has 0 unspecified atom stereocenters. The number of anilines is 1. The Labute approximate surface area is 140 Å². The maximum atomic E-state index is 12.0. The van der Waals surface area contributed by atoms with Gasteiger partial charge in [-0.15, -0.1) is 0 Å². The smallest absolute Gasteiger partial charge is 0.226 e. The number of rotatable bonds is 4. The Bertz CT molecular complexity index is 854. The second-order valence-electron chi connectivity index (χ2n) is 5.97. The average molecular weight is 321 g/mol. The number of hydrogen-bond donors (Lipinski definition) is 0. The van der Waals surface area contributed by atoms with Crippen molar-refractivity contribution in [3.63, 3.8) is 0 Å². The van der Waals surface area contributed by atoms with E-state index in [2.05, 4.69) is 4.98 Å². The number of amides is 1. The van der Waals surface area contributed by atoms with E-state index >= 15 is 0 Å². The molecular formula is C19H19N3O2. The predicted octanol–water partition coefficient (Wildman–Crippen LogP) is 3.59. The number of nitrogens with zero attached hydrogens (tertiary/aromatic N) is 3. The predicted molar refractivity (Wildman–Crippen MR) is 93.0 cm³/mol. The molecule has 1 aromatic heterocycles. The van der Waals surface area contributed by atoms with Gasteiger partial charge in [-0.05, 0) is 49.2 Å². The topological polar surface area (TPSA) is 47.4 Å². The van der Waals surface area contributed by atoms with Crippen LogP contribution in [0.25, 0.3) is 11.0 Å². The summed E-state index contributed by atoms with van der Waals surface area (Å²) >= 11 is 0. The molecule has 5 heteroatoms. The highest BCUT2D eigenvalue weighted by Crippen LogP contribution is 2.24. The van der Waals surface area contributed by atoms with Crippen LogP contribution in [0.4, 0.5) is 5.69 Å². The van der Waals surface area contributed by atoms with Crippen LogP contribution >= 0.6 is 0 Å². The van der Waals surface area contributed by atoms with Crippen LogP contribution in [0, 0.1) is 0 Å². The number of benzene rings is 2. The average Bonchev–Trinajstić information content (AvgIpc) is 3.04. The van der Waals surface area contributed by atoms with Gasteiger partial charge in [-0.25, -0.2) is 4.98 Å². The first-order valence-corrected chi connectivity index (χ1v) is 8.24. The molecule has 2 heterocycles. The van der Waals surface area contributed by atoms with Gasteiger partial charge in [-0.2, -0.15) is 0 Å². The monoisotopic (exact) mass is 321 g/mol. The van der Waals surface area contributed by atoms with Crippen LogP contribution in [0.1, 0.15) is 19.3 Å². The fraction of sp³-hybridized carbons (Fsp3) is 0.263. The first kappa shape index (κ1) is 14.8. The molecule has 0 N–H and O–H groups in total. The summed E-state index contributed by atoms with van der Waals surface area (Å²) in [5.41, 5.74) is 2.95. The Balaban J connectivity index is 1.45. The van der Waals surface area contributed by atoms with Gasteiger partial charge in [0.2, 0.25) is 5.91 Å². The van der Waals surface area contributed by atoms with E-state index in [1.54, 1.807) is 6.33 Å². The van der Waals surface area contributed by atoms with Crippen LogP contribution in [0.2, 0.25) is 0 Å². The van der Waals surface area contributed by atoms with Crippen LogP contribution in [0.5, 0.6) is 5.75 Å². The third kappa shape index (κ3) is 2.85. The minimum Gasteiger partial charge on any atom is -0.473 e. The van der Waals surface area contributed by atoms with Gasteiger partial charge in [0.25, 0.3) is 0 Å². The third-order valence-corrected chi connectivity index (χ3v) is 4.37. The van der Waals surface area contributed by atoms with Gasteiger partial charge in [0.1, 0.15) is 5.75 Å². The number of fused-ring (bicyclic) bond motifs is 1. The Morgan fingerprint density at radius 3 is 2.71 bits per heavy atom. The van der Waals surface area contributed by atoms with E-state index in [1.165, 1.54) is 0 Å². The standard InChI is InChI=1S/C19H19N3O2/c23-19-7-3-4-12-22(19)15-8-10-16(11-9-15)24-14-21-13-20-17-5-1-2-6-18(17)21/h1-2,5-6,8-11,13H,3-4,7,12,14H2. The highest BCUT2D eigenvalue weighted by Gasteiger charge is 2.19. The van der Waals surface area contributed by atoms with Crippen LogP contribution < -0.4 is 9.64 Å². The summed E-state index contributed by atoms with van der Waals surface area (Å²) in [6.07, 6.45) is 4.49. The molecule has 24 heavy (non-hydrogen) atoms. The maximum Gasteiger partial charge on any atom is 0.226 e. The number of para-hydroxylation sites is 2. The highest BCUT2D eigenvalue weighted by molar-refractivity contribution is 5.94. The van der Waals surface area contributed by atoms with Gasteiger partial charge in [0.15, 0.2) is 6.73 Å². The molecule has 5 nitrogen and oxygen atoms in total. The molecule has 2 aromatic carbocycles. The zero-order valence-corrected chi connectivity index (χ0v) is 13.4. The van der Waals surface area contributed by atoms with Crippen LogP contribution in [-0.2, 0) is 11.5 Å².